The number of nitrogens with zero attached hydrogens (tertiary/aromatic N) is 2. The topological polar surface area (TPSA) is 819 Å². The summed E-state index contributed by atoms with van der Waals surface area (Å²) in [6, 6.07) is -10.1. The first-order valence-electron chi connectivity index (χ1n) is 45.0. The summed E-state index contributed by atoms with van der Waals surface area (Å²) in [7, 11) is 0. The molecule has 4 rings (SSSR count). The van der Waals surface area contributed by atoms with Gasteiger partial charge in [-0.05, 0) is 113 Å². The molecule has 2 heterocycles. The van der Waals surface area contributed by atoms with Crippen molar-refractivity contribution >= 4 is 124 Å². The summed E-state index contributed by atoms with van der Waals surface area (Å²) >= 11 is 0. The largest absolute Gasteiger partial charge is 0.481 e. The van der Waals surface area contributed by atoms with Crippen molar-refractivity contribution in [3.05, 3.63) is 108 Å². The molecule has 4 aromatic rings. The molecule has 0 spiro atoms. The number of aliphatic hydroxyl groups is 1. The fourth-order valence-corrected chi connectivity index (χ4v) is 13.7. The number of primary amides is 2. The minimum absolute atomic E-state index is 0.0778. The number of H-pyrrole nitrogens is 2. The Morgan fingerprint density at radius 1 is 0.362 bits per heavy atom. The van der Waals surface area contributed by atoms with Gasteiger partial charge in [0.1, 0.15) is 84.6 Å². The fourth-order valence-electron chi connectivity index (χ4n) is 13.7. The van der Waals surface area contributed by atoms with Crippen LogP contribution in [0.2, 0.25) is 0 Å². The average Bonchev–Trinajstić information content (AvgIpc) is 1.65. The third-order valence-electron chi connectivity index (χ3n) is 21.5. The van der Waals surface area contributed by atoms with Gasteiger partial charge in [0.2, 0.25) is 106 Å². The number of hydrogen-bond acceptors (Lipinski definition) is 27. The Morgan fingerprint density at radius 3 is 1.18 bits per heavy atom. The number of aromatic nitrogens is 4. The molecule has 0 unspecified atom stereocenters. The first-order chi connectivity index (χ1) is 65.2. The number of carbonyl (C=O) groups excluding carboxylic acids is 18. The predicted molar refractivity (Wildman–Crippen MR) is 492 cm³/mol. The second kappa shape index (κ2) is 59.4. The van der Waals surface area contributed by atoms with E-state index >= 15 is 4.79 Å². The number of nitrogens with one attached hydrogen (secondary N) is 18. The molecule has 0 saturated heterocycles. The number of carbonyl (C=O) groups is 21. The Morgan fingerprint density at radius 2 is 0.746 bits per heavy atom. The molecule has 0 bridgehead atoms. The normalized spacial score (nSPS) is 14.7. The van der Waals surface area contributed by atoms with Crippen LogP contribution in [0, 0.1) is 23.7 Å². The average molecular weight is 1940 g/mol. The lowest BCUT2D eigenvalue weighted by molar-refractivity contribution is -0.148. The van der Waals surface area contributed by atoms with Gasteiger partial charge in [0.25, 0.3) is 5.91 Å². The van der Waals surface area contributed by atoms with Crippen molar-refractivity contribution < 1.29 is 121 Å². The molecule has 2 aromatic carbocycles. The van der Waals surface area contributed by atoms with Gasteiger partial charge in [-0.3, -0.25) is 91.1 Å². The maximum atomic E-state index is 15.0. The Balaban J connectivity index is 1.57. The van der Waals surface area contributed by atoms with E-state index in [1.165, 1.54) is 38.9 Å². The third kappa shape index (κ3) is 41.4. The van der Waals surface area contributed by atoms with Gasteiger partial charge in [0.15, 0.2) is 0 Å². The van der Waals surface area contributed by atoms with Crippen molar-refractivity contribution in [2.45, 2.75) is 262 Å². The van der Waals surface area contributed by atoms with Crippen molar-refractivity contribution in [2.24, 2.45) is 52.3 Å². The van der Waals surface area contributed by atoms with Gasteiger partial charge in [-0.25, -0.2) is 19.6 Å². The summed E-state index contributed by atoms with van der Waals surface area (Å²) < 4.78 is 0. The molecule has 32 N–H and O–H groups in total. The van der Waals surface area contributed by atoms with Crippen LogP contribution in [0.5, 0.6) is 0 Å². The lowest BCUT2D eigenvalue weighted by Crippen LogP contribution is -2.62. The number of benzene rings is 2. The third-order valence-corrected chi connectivity index (χ3v) is 21.5. The summed E-state index contributed by atoms with van der Waals surface area (Å²) in [5, 5.41) is 78.2. The van der Waals surface area contributed by atoms with Crippen LogP contribution in [0.4, 0.5) is 0 Å². The molecule has 0 aliphatic rings. The van der Waals surface area contributed by atoms with Gasteiger partial charge in [0.05, 0.1) is 49.7 Å². The van der Waals surface area contributed by atoms with Crippen molar-refractivity contribution in [1.82, 2.24) is 105 Å². The van der Waals surface area contributed by atoms with Crippen molar-refractivity contribution in [3.63, 3.8) is 0 Å². The van der Waals surface area contributed by atoms with Crippen LogP contribution in [-0.4, -0.2) is 288 Å². The lowest BCUT2D eigenvalue weighted by atomic mass is 9.98. The number of carboxylic acid groups (broad SMARTS) is 3. The zero-order valence-corrected chi connectivity index (χ0v) is 78.4. The quantitative estimate of drug-likeness (QED) is 0.0144. The Labute approximate surface area is 795 Å². The molecule has 0 aliphatic carbocycles. The Hall–Kier alpha value is -14.4. The first kappa shape index (κ1) is 116. The van der Waals surface area contributed by atoms with E-state index in [1.54, 1.807) is 102 Å². The van der Waals surface area contributed by atoms with Crippen LogP contribution in [0.1, 0.15) is 162 Å². The smallest absolute Gasteiger partial charge is 0.336 e. The molecular formula is C88H133N25O25. The lowest BCUT2D eigenvalue weighted by Gasteiger charge is -2.30. The molecule has 0 aliphatic heterocycles. The van der Waals surface area contributed by atoms with E-state index in [1.807, 2.05) is 5.32 Å². The maximum Gasteiger partial charge on any atom is 0.336 e. The second-order valence-corrected chi connectivity index (χ2v) is 34.4. The molecule has 50 heteroatoms. The van der Waals surface area contributed by atoms with Gasteiger partial charge in [-0.15, -0.1) is 0 Å². The molecule has 2 aromatic heterocycles. The van der Waals surface area contributed by atoms with Crippen LogP contribution in [0.3, 0.4) is 0 Å². The SMILES string of the molecule is CC(C)C[C@H](NC(=O)[C@H](CCCCN)NC(=O)[C@H](CCC(N)=O)NC(=O)[C@H](Cc1c[nH]cn1)NC(=O)[C@H](Cc1c[nH]cn1)NC(=O)[C@@H](N)C(C)C)C(=O)N[C@H](C(=O)N[C@@H](Cc1ccccc1)C(=O)N[C@@H](Cc1ccccc1)C(=O)N[C@@H](C)C(=O)N[C@@H](CCC(=O)O)C(=O)N[C@@H](C(=O)O)C(=O)N[C@H](C(=O)NCC(=O)N[C@@H](CO)C(=O)N[C@@H](CC(N)=O)C(=O)N[C@@H](CCCCN)C(=O)O)C(C)C)C(C)C. The van der Waals surface area contributed by atoms with Crippen molar-refractivity contribution in [3.8, 4) is 0 Å². The van der Waals surface area contributed by atoms with Crippen molar-refractivity contribution in [2.75, 3.05) is 26.2 Å². The molecular weight excluding hydrogens is 1810 g/mol. The van der Waals surface area contributed by atoms with Gasteiger partial charge in [-0.1, -0.05) is 116 Å². The predicted octanol–water partition coefficient (Wildman–Crippen LogP) is -7.42. The number of unbranched alkanes of at least 4 members (excludes halogenated alkanes) is 2. The van der Waals surface area contributed by atoms with E-state index in [0.717, 1.165) is 6.92 Å². The Bertz CT molecular complexity index is 4760. The van der Waals surface area contributed by atoms with E-state index in [9.17, 15) is 116 Å². The highest BCUT2D eigenvalue weighted by Crippen LogP contribution is 2.17. The number of carboxylic acids is 3. The van der Waals surface area contributed by atoms with E-state index in [0.29, 0.717) is 29.7 Å². The zero-order valence-electron chi connectivity index (χ0n) is 78.4. The van der Waals surface area contributed by atoms with Gasteiger partial charge in [-0.2, -0.15) is 0 Å². The molecule has 50 nitrogen and oxygen atoms in total. The highest BCUT2D eigenvalue weighted by atomic mass is 16.4. The van der Waals surface area contributed by atoms with Crippen LogP contribution in [0.25, 0.3) is 0 Å². The Kier molecular flexibility index (Phi) is 49.9. The summed E-state index contributed by atoms with van der Waals surface area (Å²) in [5.41, 5.74) is 29.9. The number of rotatable bonds is 64. The van der Waals surface area contributed by atoms with E-state index in [-0.39, 0.29) is 88.4 Å². The summed E-state index contributed by atoms with van der Waals surface area (Å²) in [6.45, 7) is 12.1. The maximum absolute atomic E-state index is 15.0. The van der Waals surface area contributed by atoms with E-state index in [4.69, 9.17) is 28.7 Å². The summed E-state index contributed by atoms with van der Waals surface area (Å²) in [5.74, 6) is -26.9. The van der Waals surface area contributed by atoms with E-state index < -0.39 is 278 Å². The molecule has 138 heavy (non-hydrogen) atoms. The molecule has 18 amide bonds. The fraction of sp³-hybridized carbons (Fsp3) is 0.557. The number of nitrogens with two attached hydrogens (primary N) is 5. The molecule has 16 atom stereocenters. The molecule has 0 saturated carbocycles. The number of aliphatic carboxylic acids is 3. The van der Waals surface area contributed by atoms with Gasteiger partial charge in [0, 0.05) is 50.9 Å². The van der Waals surface area contributed by atoms with Crippen LogP contribution < -0.4 is 114 Å². The zero-order chi connectivity index (χ0) is 103. The number of imidazole rings is 2. The van der Waals surface area contributed by atoms with E-state index in [2.05, 4.69) is 99.7 Å². The van der Waals surface area contributed by atoms with Crippen LogP contribution in [0.15, 0.2) is 85.7 Å². The second-order valence-electron chi connectivity index (χ2n) is 34.4. The number of amides is 18. The molecule has 760 valence electrons. The minimum Gasteiger partial charge on any atom is -0.481 e. The highest BCUT2D eigenvalue weighted by Gasteiger charge is 2.41. The van der Waals surface area contributed by atoms with Crippen LogP contribution in [-0.2, 0) is 126 Å². The first-order valence-corrected chi connectivity index (χ1v) is 45.0. The monoisotopic (exact) mass is 1940 g/mol. The van der Waals surface area contributed by atoms with Crippen LogP contribution >= 0.6 is 0 Å². The number of hydrogen-bond donors (Lipinski definition) is 27. The van der Waals surface area contributed by atoms with Crippen molar-refractivity contribution in [1.29, 1.82) is 0 Å². The molecule has 0 radical (unpaired) electrons. The highest BCUT2D eigenvalue weighted by molar-refractivity contribution is 6.07. The summed E-state index contributed by atoms with van der Waals surface area (Å²) in [6.07, 6.45) is 2.11. The summed E-state index contributed by atoms with van der Waals surface area (Å²) in [4.78, 5) is 301. The number of aliphatic hydroxyl groups excluding tert-OH is 1. The van der Waals surface area contributed by atoms with Gasteiger partial charge >= 0.3 is 17.9 Å². The minimum atomic E-state index is -2.61. The standard InChI is InChI=1S/C88H133N25O25/c1-44(2)32-57(105-73(121)53(24-16-18-30-89)102-74(122)54(26-28-64(91)115)103-78(126)60(35-51-38-94-42-97-51)107-79(127)61(36-52-39-95-43-98-52)109-83(131)68(93)45(3)4)81(129)111-70(47(7)8)85(133)110-59(34-50-22-14-11-15-23-50)77(125)106-58(33-49-20-12-10-13-21-49)76(124)99-48(9)72(120)101-55(27-29-67(118)119)75(123)113-71(88(137)138)86(134)112-69(46(5)6)84(132)96-40-66(117)100-63(41-114)82(130)108-62(37-65(92)116)80(128)104-56(87(135)136)25-17-19-31-90/h10-15,20-23,38-39,42-48,53-63,68-71,114H,16-19,24-37,40-41,89-90,93H2,1-9H3,(H2,91,115)(H2,92,116)(H,94,97)(H,95,98)(H,96,132)(H,99,124)(H,100,117)(H,101,120)(H,102,122)(H,103,126)(H,104,128)(H,105,121)(H,106,125)(H,107,127)(H,108,130)(H,109,131)(H,110,133)(H,111,129)(H,112,134)(H,113,123)(H,118,119)(H,135,136)(H,137,138)/t48-,53-,54-,55-,56-,57-,58-,59-,60-,61-,62-,63-,68-,69-,70-,71+/m0/s1. The number of aromatic amines is 2. The molecule has 0 fully saturated rings. The van der Waals surface area contributed by atoms with Gasteiger partial charge < -0.3 is 144 Å².